The van der Waals surface area contributed by atoms with Crippen molar-refractivity contribution in [3.8, 4) is 0 Å². The van der Waals surface area contributed by atoms with E-state index in [-0.39, 0.29) is 13.2 Å². The zero-order valence-electron chi connectivity index (χ0n) is 12.4. The Hall–Kier alpha value is -2.17. The Morgan fingerprint density at radius 2 is 1.71 bits per heavy atom. The first-order chi connectivity index (χ1) is 9.99. The Balaban J connectivity index is 3.13. The lowest BCUT2D eigenvalue weighted by molar-refractivity contribution is -0.145. The number of rotatable bonds is 6. The molecular formula is C16H19FO4. The monoisotopic (exact) mass is 294 g/mol. The summed E-state index contributed by atoms with van der Waals surface area (Å²) >= 11 is 0. The number of esters is 2. The summed E-state index contributed by atoms with van der Waals surface area (Å²) in [6, 6.07) is 5.56. The number of carbonyl (C=O) groups is 2. The highest BCUT2D eigenvalue weighted by molar-refractivity contribution is 5.97. The number of benzene rings is 1. The van der Waals surface area contributed by atoms with Crippen molar-refractivity contribution in [1.29, 1.82) is 0 Å². The van der Waals surface area contributed by atoms with Gasteiger partial charge in [-0.05, 0) is 44.0 Å². The molecule has 114 valence electrons. The molecule has 0 aliphatic rings. The molecule has 0 saturated carbocycles. The molecule has 0 amide bonds. The van der Waals surface area contributed by atoms with Crippen LogP contribution in [0.5, 0.6) is 0 Å². The molecule has 1 rings (SSSR count). The van der Waals surface area contributed by atoms with Crippen LogP contribution in [-0.2, 0) is 19.1 Å². The number of halogens is 1. The van der Waals surface area contributed by atoms with Crippen LogP contribution in [0.1, 0.15) is 26.3 Å². The van der Waals surface area contributed by atoms with Gasteiger partial charge in [-0.25, -0.2) is 9.18 Å². The maximum absolute atomic E-state index is 13.0. The Bertz CT molecular complexity index is 520. The molecule has 0 aliphatic heterocycles. The van der Waals surface area contributed by atoms with Crippen LogP contribution in [0.2, 0.25) is 0 Å². The molecule has 0 radical (unpaired) electrons. The summed E-state index contributed by atoms with van der Waals surface area (Å²) in [4.78, 5) is 23.5. The maximum Gasteiger partial charge on any atom is 0.331 e. The van der Waals surface area contributed by atoms with Crippen molar-refractivity contribution in [3.63, 3.8) is 0 Å². The fourth-order valence-electron chi connectivity index (χ4n) is 1.81. The lowest BCUT2D eigenvalue weighted by atomic mass is 9.93. The van der Waals surface area contributed by atoms with Gasteiger partial charge in [-0.15, -0.1) is 0 Å². The second kappa shape index (κ2) is 8.19. The van der Waals surface area contributed by atoms with E-state index in [4.69, 9.17) is 9.47 Å². The predicted molar refractivity (Wildman–Crippen MR) is 76.8 cm³/mol. The van der Waals surface area contributed by atoms with E-state index in [1.54, 1.807) is 20.8 Å². The number of ether oxygens (including phenoxy) is 2. The van der Waals surface area contributed by atoms with Gasteiger partial charge in [0.15, 0.2) is 0 Å². The molecule has 1 aromatic rings. The quantitative estimate of drug-likeness (QED) is 0.598. The highest BCUT2D eigenvalue weighted by Crippen LogP contribution is 2.25. The fraction of sp³-hybridized carbons (Fsp3) is 0.375. The van der Waals surface area contributed by atoms with E-state index in [0.29, 0.717) is 11.1 Å². The van der Waals surface area contributed by atoms with Crippen molar-refractivity contribution in [3.05, 3.63) is 41.7 Å². The number of hydrogen-bond acceptors (Lipinski definition) is 4. The average molecular weight is 294 g/mol. The molecule has 0 N–H and O–H groups in total. The van der Waals surface area contributed by atoms with E-state index in [1.165, 1.54) is 30.3 Å². The first-order valence-corrected chi connectivity index (χ1v) is 6.80. The summed E-state index contributed by atoms with van der Waals surface area (Å²) in [7, 11) is 0. The molecule has 4 nitrogen and oxygen atoms in total. The van der Waals surface area contributed by atoms with Gasteiger partial charge in [0.25, 0.3) is 0 Å². The van der Waals surface area contributed by atoms with Crippen LogP contribution in [0.3, 0.4) is 0 Å². The highest BCUT2D eigenvalue weighted by Gasteiger charge is 2.21. The smallest absolute Gasteiger partial charge is 0.331 e. The van der Waals surface area contributed by atoms with Crippen LogP contribution < -0.4 is 0 Å². The molecular weight excluding hydrogens is 275 g/mol. The van der Waals surface area contributed by atoms with Crippen LogP contribution in [0.25, 0.3) is 5.57 Å². The van der Waals surface area contributed by atoms with Crippen LogP contribution in [0.4, 0.5) is 4.39 Å². The van der Waals surface area contributed by atoms with Gasteiger partial charge in [0.05, 0.1) is 19.1 Å². The minimum Gasteiger partial charge on any atom is -0.466 e. The van der Waals surface area contributed by atoms with E-state index >= 15 is 0 Å². The summed E-state index contributed by atoms with van der Waals surface area (Å²) in [5.74, 6) is -2.04. The van der Waals surface area contributed by atoms with E-state index in [9.17, 15) is 14.0 Å². The molecule has 0 spiro atoms. The summed E-state index contributed by atoms with van der Waals surface area (Å²) < 4.78 is 22.8. The van der Waals surface area contributed by atoms with Crippen molar-refractivity contribution in [1.82, 2.24) is 0 Å². The van der Waals surface area contributed by atoms with Crippen LogP contribution in [0.15, 0.2) is 30.3 Å². The largest absolute Gasteiger partial charge is 0.466 e. The molecule has 0 saturated heterocycles. The van der Waals surface area contributed by atoms with Crippen molar-refractivity contribution in [2.24, 2.45) is 5.92 Å². The first kappa shape index (κ1) is 16.9. The summed E-state index contributed by atoms with van der Waals surface area (Å²) in [6.07, 6.45) is 1.25. The van der Waals surface area contributed by atoms with Crippen molar-refractivity contribution < 1.29 is 23.5 Å². The number of hydrogen-bond donors (Lipinski definition) is 0. The average Bonchev–Trinajstić information content (AvgIpc) is 2.45. The molecule has 0 aliphatic carbocycles. The normalized spacial score (nSPS) is 12.7. The van der Waals surface area contributed by atoms with E-state index in [1.807, 2.05) is 0 Å². The number of carbonyl (C=O) groups excluding carboxylic acids is 2. The Labute approximate surface area is 123 Å². The standard InChI is InChI=1S/C16H19FO4/c1-4-20-15(18)10-14(11(3)16(19)21-5-2)12-6-8-13(17)9-7-12/h6-11H,4-5H2,1-3H3/b14-10+. The topological polar surface area (TPSA) is 52.6 Å². The van der Waals surface area contributed by atoms with Gasteiger partial charge < -0.3 is 9.47 Å². The van der Waals surface area contributed by atoms with Crippen LogP contribution in [-0.4, -0.2) is 25.2 Å². The molecule has 1 aromatic carbocycles. The SMILES string of the molecule is CCOC(=O)/C=C(/c1ccc(F)cc1)C(C)C(=O)OCC. The summed E-state index contributed by atoms with van der Waals surface area (Å²) in [5.41, 5.74) is 1.01. The lowest BCUT2D eigenvalue weighted by Gasteiger charge is -2.15. The minimum absolute atomic E-state index is 0.236. The van der Waals surface area contributed by atoms with Gasteiger partial charge in [-0.2, -0.15) is 0 Å². The van der Waals surface area contributed by atoms with Crippen molar-refractivity contribution >= 4 is 17.5 Å². The molecule has 0 fully saturated rings. The third kappa shape index (κ3) is 5.02. The second-order valence-corrected chi connectivity index (χ2v) is 4.33. The molecule has 5 heteroatoms. The molecule has 1 unspecified atom stereocenters. The summed E-state index contributed by atoms with van der Waals surface area (Å²) in [6.45, 7) is 5.51. The zero-order chi connectivity index (χ0) is 15.8. The van der Waals surface area contributed by atoms with Crippen molar-refractivity contribution in [2.45, 2.75) is 20.8 Å². The van der Waals surface area contributed by atoms with Gasteiger partial charge in [-0.3, -0.25) is 4.79 Å². The Kier molecular flexibility index (Phi) is 6.59. The molecule has 1 atom stereocenters. The first-order valence-electron chi connectivity index (χ1n) is 6.80. The maximum atomic E-state index is 13.0. The Morgan fingerprint density at radius 3 is 2.24 bits per heavy atom. The fourth-order valence-corrected chi connectivity index (χ4v) is 1.81. The third-order valence-corrected chi connectivity index (χ3v) is 2.84. The second-order valence-electron chi connectivity index (χ2n) is 4.33. The van der Waals surface area contributed by atoms with Gasteiger partial charge in [0.2, 0.25) is 0 Å². The van der Waals surface area contributed by atoms with E-state index in [0.717, 1.165) is 0 Å². The predicted octanol–water partition coefficient (Wildman–Crippen LogP) is 2.97. The molecule has 0 aromatic heterocycles. The van der Waals surface area contributed by atoms with Crippen molar-refractivity contribution in [2.75, 3.05) is 13.2 Å². The zero-order valence-corrected chi connectivity index (χ0v) is 12.4. The van der Waals surface area contributed by atoms with Gasteiger partial charge in [-0.1, -0.05) is 12.1 Å². The molecule has 0 bridgehead atoms. The molecule has 21 heavy (non-hydrogen) atoms. The van der Waals surface area contributed by atoms with Crippen LogP contribution >= 0.6 is 0 Å². The van der Waals surface area contributed by atoms with Gasteiger partial charge in [0.1, 0.15) is 5.82 Å². The minimum atomic E-state index is -0.653. The van der Waals surface area contributed by atoms with E-state index < -0.39 is 23.7 Å². The van der Waals surface area contributed by atoms with E-state index in [2.05, 4.69) is 0 Å². The lowest BCUT2D eigenvalue weighted by Crippen LogP contribution is -2.17. The van der Waals surface area contributed by atoms with Gasteiger partial charge >= 0.3 is 11.9 Å². The molecule has 0 heterocycles. The highest BCUT2D eigenvalue weighted by atomic mass is 19.1. The van der Waals surface area contributed by atoms with Gasteiger partial charge in [0, 0.05) is 6.08 Å². The Morgan fingerprint density at radius 1 is 1.14 bits per heavy atom. The summed E-state index contributed by atoms with van der Waals surface area (Å²) in [5, 5.41) is 0. The van der Waals surface area contributed by atoms with Crippen LogP contribution in [0, 0.1) is 11.7 Å². The third-order valence-electron chi connectivity index (χ3n) is 2.84.